The lowest BCUT2D eigenvalue weighted by Crippen LogP contribution is -2.50. The number of nitrogens with zero attached hydrogens (tertiary/aromatic N) is 7. The van der Waals surface area contributed by atoms with Crippen LogP contribution in [0.4, 0.5) is 13.6 Å². The first-order valence-corrected chi connectivity index (χ1v) is 16.1. The van der Waals surface area contributed by atoms with Gasteiger partial charge in [0.25, 0.3) is 0 Å². The Morgan fingerprint density at radius 3 is 2.42 bits per heavy atom. The van der Waals surface area contributed by atoms with E-state index >= 15 is 4.39 Å². The van der Waals surface area contributed by atoms with Gasteiger partial charge in [-0.05, 0) is 96.2 Å². The molecule has 5 aromatic rings. The van der Waals surface area contributed by atoms with Crippen LogP contribution in [0.2, 0.25) is 0 Å². The number of halogens is 2. The van der Waals surface area contributed by atoms with E-state index in [-0.39, 0.29) is 23.4 Å². The van der Waals surface area contributed by atoms with Crippen molar-refractivity contribution in [2.24, 2.45) is 7.05 Å². The first-order chi connectivity index (χ1) is 22.6. The van der Waals surface area contributed by atoms with Crippen LogP contribution < -0.4 is 5.69 Å². The third kappa shape index (κ3) is 4.85. The summed E-state index contributed by atoms with van der Waals surface area (Å²) in [5, 5.41) is 20.4. The summed E-state index contributed by atoms with van der Waals surface area (Å²) < 4.78 is 42.4. The maximum atomic E-state index is 15.9. The molecule has 1 aliphatic carbocycles. The van der Waals surface area contributed by atoms with E-state index in [1.807, 2.05) is 6.92 Å². The number of ether oxygens (including phenoxy) is 1. The molecule has 2 aromatic carbocycles. The van der Waals surface area contributed by atoms with E-state index in [0.29, 0.717) is 58.7 Å². The zero-order valence-corrected chi connectivity index (χ0v) is 28.1. The summed E-state index contributed by atoms with van der Waals surface area (Å²) in [6.07, 6.45) is 4.75. The zero-order valence-electron chi connectivity index (χ0n) is 28.1. The molecule has 1 amide bonds. The van der Waals surface area contributed by atoms with Crippen LogP contribution in [-0.4, -0.2) is 63.0 Å². The van der Waals surface area contributed by atoms with Crippen molar-refractivity contribution in [3.63, 3.8) is 0 Å². The smallest absolute Gasteiger partial charge is 0.410 e. The molecule has 7 rings (SSSR count). The maximum absolute atomic E-state index is 15.9. The Kier molecular flexibility index (Phi) is 7.20. The van der Waals surface area contributed by atoms with Gasteiger partial charge in [0.1, 0.15) is 17.2 Å². The second kappa shape index (κ2) is 10.9. The van der Waals surface area contributed by atoms with Crippen molar-refractivity contribution in [1.82, 2.24) is 33.6 Å². The molecule has 1 fully saturated rings. The molecule has 48 heavy (non-hydrogen) atoms. The number of aryl methyl sites for hydroxylation is 3. The van der Waals surface area contributed by atoms with Gasteiger partial charge in [0.05, 0.1) is 46.3 Å². The summed E-state index contributed by atoms with van der Waals surface area (Å²) >= 11 is 0. The summed E-state index contributed by atoms with van der Waals surface area (Å²) in [5.41, 5.74) is 1.14. The van der Waals surface area contributed by atoms with Crippen molar-refractivity contribution in [3.05, 3.63) is 87.4 Å². The molecule has 252 valence electrons. The van der Waals surface area contributed by atoms with Crippen LogP contribution in [0.5, 0.6) is 0 Å². The fourth-order valence-corrected chi connectivity index (χ4v) is 7.44. The number of fused-ring (bicyclic) bond motifs is 3. The number of aliphatic hydroxyl groups excluding tert-OH is 1. The number of aliphatic hydroxyl groups is 1. The Balaban J connectivity index is 1.50. The number of rotatable bonds is 3. The normalized spacial score (nSPS) is 21.0. The summed E-state index contributed by atoms with van der Waals surface area (Å²) in [6, 6.07) is 5.95. The number of aromatic nitrogens is 6. The molecule has 1 N–H and O–H groups in total. The van der Waals surface area contributed by atoms with E-state index in [9.17, 15) is 19.1 Å². The van der Waals surface area contributed by atoms with Crippen LogP contribution in [-0.2, 0) is 17.2 Å². The van der Waals surface area contributed by atoms with Crippen molar-refractivity contribution < 1.29 is 23.4 Å². The molecule has 4 heterocycles. The highest BCUT2D eigenvalue weighted by Crippen LogP contribution is 2.51. The Bertz CT molecular complexity index is 2150. The molecule has 0 radical (unpaired) electrons. The topological polar surface area (TPSA) is 112 Å². The predicted octanol–water partition coefficient (Wildman–Crippen LogP) is 5.69. The number of carbonyl (C=O) groups excluding carboxylic acids is 1. The van der Waals surface area contributed by atoms with Crippen LogP contribution in [0.1, 0.15) is 75.4 Å². The first-order valence-electron chi connectivity index (χ1n) is 16.1. The second-order valence-corrected chi connectivity index (χ2v) is 14.3. The van der Waals surface area contributed by atoms with E-state index in [2.05, 4.69) is 5.10 Å². The first kappa shape index (κ1) is 31.8. The summed E-state index contributed by atoms with van der Waals surface area (Å²) in [5.74, 6) is -0.602. The third-order valence-corrected chi connectivity index (χ3v) is 9.74. The van der Waals surface area contributed by atoms with Crippen molar-refractivity contribution >= 4 is 17.0 Å². The molecular formula is C35H39F2N7O4. The molecule has 2 aliphatic rings. The molecule has 0 saturated heterocycles. The molecule has 3 aromatic heterocycles. The third-order valence-electron chi connectivity index (χ3n) is 9.74. The van der Waals surface area contributed by atoms with Gasteiger partial charge in [0.15, 0.2) is 5.82 Å². The van der Waals surface area contributed by atoms with Crippen molar-refractivity contribution in [2.75, 3.05) is 6.54 Å². The monoisotopic (exact) mass is 659 g/mol. The fraction of sp³-hybridized carbons (Fsp3) is 0.429. The van der Waals surface area contributed by atoms with Gasteiger partial charge in [-0.2, -0.15) is 10.2 Å². The van der Waals surface area contributed by atoms with E-state index in [1.54, 1.807) is 80.3 Å². The van der Waals surface area contributed by atoms with E-state index in [4.69, 9.17) is 9.84 Å². The molecule has 3 atom stereocenters. The summed E-state index contributed by atoms with van der Waals surface area (Å²) in [7, 11) is 1.71. The predicted molar refractivity (Wildman–Crippen MR) is 175 cm³/mol. The minimum Gasteiger partial charge on any atom is -0.444 e. The Morgan fingerprint density at radius 1 is 1.08 bits per heavy atom. The van der Waals surface area contributed by atoms with Crippen LogP contribution in [0.25, 0.3) is 28.1 Å². The van der Waals surface area contributed by atoms with Crippen LogP contribution >= 0.6 is 0 Å². The standard InChI is InChI=1S/C35H39F2N7O4/c1-19-14-22(15-20(2)28(19)36)44-31(42-13-12-41(32(42)46)26-9-8-25-24(29(26)37)17-38-40(25)7)27-21(3)43(33(47)48-34(4,5)6)18-35(30(27)39-44)11-10-23(45)16-35/h8-9,12-15,17,21,23,45H,10-11,16,18H2,1-7H3/t21-,23?,35?/m0/s1. The van der Waals surface area contributed by atoms with Crippen LogP contribution in [0.15, 0.2) is 47.7 Å². The minimum absolute atomic E-state index is 0.0477. The maximum Gasteiger partial charge on any atom is 0.410 e. The minimum atomic E-state index is -0.761. The molecule has 13 heteroatoms. The van der Waals surface area contributed by atoms with Gasteiger partial charge in [0, 0.05) is 37.0 Å². The van der Waals surface area contributed by atoms with Gasteiger partial charge in [0.2, 0.25) is 0 Å². The van der Waals surface area contributed by atoms with Crippen LogP contribution in [0.3, 0.4) is 0 Å². The fourth-order valence-electron chi connectivity index (χ4n) is 7.44. The number of hydrogen-bond donors (Lipinski definition) is 1. The zero-order chi connectivity index (χ0) is 34.4. The SMILES string of the molecule is Cc1cc(-n2nc3c(c2-n2ccn(-c4ccc5c(cnn5C)c4F)c2=O)[C@H](C)N(C(=O)OC(C)(C)C)CC32CCC(O)C2)cc(C)c1F. The van der Waals surface area contributed by atoms with Gasteiger partial charge < -0.3 is 14.7 Å². The van der Waals surface area contributed by atoms with E-state index in [1.165, 1.54) is 27.6 Å². The number of carbonyl (C=O) groups is 1. The second-order valence-electron chi connectivity index (χ2n) is 14.3. The number of hydrogen-bond acceptors (Lipinski definition) is 6. The molecule has 1 aliphatic heterocycles. The van der Waals surface area contributed by atoms with Crippen molar-refractivity contribution in [3.8, 4) is 17.2 Å². The highest BCUT2D eigenvalue weighted by Gasteiger charge is 2.52. The van der Waals surface area contributed by atoms with Gasteiger partial charge in [-0.25, -0.2) is 23.1 Å². The van der Waals surface area contributed by atoms with Gasteiger partial charge in [-0.1, -0.05) is 0 Å². The van der Waals surface area contributed by atoms with Crippen molar-refractivity contribution in [2.45, 2.75) is 84.0 Å². The summed E-state index contributed by atoms with van der Waals surface area (Å²) in [4.78, 5) is 29.8. The van der Waals surface area contributed by atoms with E-state index < -0.39 is 40.8 Å². The molecule has 1 spiro atoms. The Hall–Kier alpha value is -4.78. The number of imidazole rings is 1. The number of amides is 1. The lowest BCUT2D eigenvalue weighted by Gasteiger charge is -2.43. The average Bonchev–Trinajstić information content (AvgIpc) is 3.78. The summed E-state index contributed by atoms with van der Waals surface area (Å²) in [6.45, 7) is 10.8. The molecule has 2 unspecified atom stereocenters. The molecule has 11 nitrogen and oxygen atoms in total. The number of benzene rings is 2. The highest BCUT2D eigenvalue weighted by molar-refractivity contribution is 5.81. The van der Waals surface area contributed by atoms with E-state index in [0.717, 1.165) is 0 Å². The van der Waals surface area contributed by atoms with Crippen molar-refractivity contribution in [1.29, 1.82) is 0 Å². The largest absolute Gasteiger partial charge is 0.444 e. The van der Waals surface area contributed by atoms with Gasteiger partial charge in [-0.15, -0.1) is 0 Å². The molecule has 0 bridgehead atoms. The Morgan fingerprint density at radius 2 is 1.77 bits per heavy atom. The molecule has 1 saturated carbocycles. The lowest BCUT2D eigenvalue weighted by molar-refractivity contribution is 0.00717. The molecular weight excluding hydrogens is 620 g/mol. The highest BCUT2D eigenvalue weighted by atomic mass is 19.1. The van der Waals surface area contributed by atoms with Gasteiger partial charge in [-0.3, -0.25) is 13.8 Å². The van der Waals surface area contributed by atoms with Crippen LogP contribution in [0, 0.1) is 25.5 Å². The van der Waals surface area contributed by atoms with Gasteiger partial charge >= 0.3 is 11.8 Å². The average molecular weight is 660 g/mol. The quantitative estimate of drug-likeness (QED) is 0.267. The lowest BCUT2D eigenvalue weighted by atomic mass is 9.75. The Labute approximate surface area is 275 Å².